The molecule has 1 heterocycles. The van der Waals surface area contributed by atoms with Gasteiger partial charge in [-0.15, -0.1) is 0 Å². The Hall–Kier alpha value is -4.49. The average molecular weight is 588 g/mol. The van der Waals surface area contributed by atoms with Crippen molar-refractivity contribution in [3.8, 4) is 11.5 Å². The molecule has 2 N–H and O–H groups in total. The quantitative estimate of drug-likeness (QED) is 0.116. The van der Waals surface area contributed by atoms with Gasteiger partial charge in [0.15, 0.2) is 0 Å². The van der Waals surface area contributed by atoms with Gasteiger partial charge in [0.25, 0.3) is 0 Å². The highest BCUT2D eigenvalue weighted by atomic mass is 35.5. The van der Waals surface area contributed by atoms with Crippen molar-refractivity contribution in [2.24, 2.45) is 0 Å². The third-order valence-corrected chi connectivity index (χ3v) is 6.96. The van der Waals surface area contributed by atoms with Crippen molar-refractivity contribution in [2.45, 2.75) is 39.7 Å². The van der Waals surface area contributed by atoms with Gasteiger partial charge in [-0.25, -0.2) is 0 Å². The summed E-state index contributed by atoms with van der Waals surface area (Å²) in [5.41, 5.74) is 5.47. The molecule has 0 amide bonds. The summed E-state index contributed by atoms with van der Waals surface area (Å²) in [6.45, 7) is 5.29. The first kappa shape index (κ1) is 30.5. The number of carboxylic acid groups (broad SMARTS) is 2. The smallest absolute Gasteiger partial charge is 0.307 e. The maximum atomic E-state index is 11.5. The summed E-state index contributed by atoms with van der Waals surface area (Å²) in [6.07, 6.45) is 10.0. The third kappa shape index (κ3) is 8.27. The van der Waals surface area contributed by atoms with Gasteiger partial charge in [0, 0.05) is 35.1 Å². The Morgan fingerprint density at radius 2 is 1.60 bits per heavy atom. The molecule has 0 bridgehead atoms. The Bertz CT molecular complexity index is 1590. The first-order valence-corrected chi connectivity index (χ1v) is 14.1. The van der Waals surface area contributed by atoms with Gasteiger partial charge in [-0.05, 0) is 90.6 Å². The molecular weight excluding hydrogens is 554 g/mol. The number of carboxylic acids is 2. The van der Waals surface area contributed by atoms with Crippen molar-refractivity contribution in [1.29, 1.82) is 0 Å². The van der Waals surface area contributed by atoms with Gasteiger partial charge in [-0.1, -0.05) is 48.0 Å². The van der Waals surface area contributed by atoms with Crippen LogP contribution in [0.5, 0.6) is 11.5 Å². The van der Waals surface area contributed by atoms with Gasteiger partial charge in [0.1, 0.15) is 24.7 Å². The molecular formula is C34H34ClNO6. The van der Waals surface area contributed by atoms with E-state index in [1.165, 1.54) is 0 Å². The third-order valence-electron chi connectivity index (χ3n) is 6.75. The second kappa shape index (κ2) is 14.4. The molecule has 42 heavy (non-hydrogen) atoms. The van der Waals surface area contributed by atoms with Crippen molar-refractivity contribution in [3.05, 3.63) is 106 Å². The number of aromatic nitrogens is 1. The van der Waals surface area contributed by atoms with Crippen LogP contribution in [0.15, 0.2) is 72.9 Å². The molecule has 0 atom stereocenters. The van der Waals surface area contributed by atoms with Crippen molar-refractivity contribution in [2.75, 3.05) is 13.2 Å². The number of halogens is 1. The van der Waals surface area contributed by atoms with E-state index in [4.69, 9.17) is 26.2 Å². The minimum Gasteiger partial charge on any atom is -0.490 e. The Morgan fingerprint density at radius 1 is 0.905 bits per heavy atom. The summed E-state index contributed by atoms with van der Waals surface area (Å²) < 4.78 is 13.6. The molecule has 0 saturated heterocycles. The highest BCUT2D eigenvalue weighted by Gasteiger charge is 2.14. The second-order valence-electron chi connectivity index (χ2n) is 10.0. The number of hydrogen-bond acceptors (Lipinski definition) is 4. The van der Waals surface area contributed by atoms with Crippen molar-refractivity contribution >= 4 is 46.6 Å². The normalized spacial score (nSPS) is 11.5. The van der Waals surface area contributed by atoms with Gasteiger partial charge in [0.05, 0.1) is 6.42 Å². The van der Waals surface area contributed by atoms with Crippen molar-refractivity contribution in [3.63, 3.8) is 0 Å². The molecule has 0 aliphatic carbocycles. The van der Waals surface area contributed by atoms with E-state index in [0.717, 1.165) is 44.7 Å². The number of nitrogens with zero attached hydrogens (tertiary/aromatic N) is 1. The number of aliphatic carboxylic acids is 2. The van der Waals surface area contributed by atoms with Gasteiger partial charge >= 0.3 is 11.9 Å². The fourth-order valence-corrected chi connectivity index (χ4v) is 5.22. The highest BCUT2D eigenvalue weighted by Crippen LogP contribution is 2.29. The van der Waals surface area contributed by atoms with Gasteiger partial charge in [-0.2, -0.15) is 0 Å². The molecule has 3 aromatic carbocycles. The van der Waals surface area contributed by atoms with Gasteiger partial charge in [-0.3, -0.25) is 9.59 Å². The first-order valence-electron chi connectivity index (χ1n) is 13.7. The zero-order chi connectivity index (χ0) is 30.1. The minimum atomic E-state index is -0.914. The van der Waals surface area contributed by atoms with Gasteiger partial charge in [0.2, 0.25) is 0 Å². The molecule has 8 heteroatoms. The summed E-state index contributed by atoms with van der Waals surface area (Å²) in [5, 5.41) is 20.0. The summed E-state index contributed by atoms with van der Waals surface area (Å²) in [4.78, 5) is 22.5. The molecule has 4 aromatic rings. The van der Waals surface area contributed by atoms with Crippen LogP contribution < -0.4 is 9.47 Å². The number of ether oxygens (including phenoxy) is 2. The standard InChI is InChI=1S/C34H34ClNO6/c1-23-19-28(35)20-24(2)34(23)42-18-4-3-17-41-29-14-11-25(12-15-29)10-13-26-7-5-8-30-33(26)27(21-32(39)40)22-36(30)16-6-9-31(37)38/h3-5,7-8,10-15,19-20,22H,6,9,16-18,21H2,1-2H3,(H,37,38)(H,39,40)/b4-3+,13-10?. The molecule has 7 nitrogen and oxygen atoms in total. The lowest BCUT2D eigenvalue weighted by Gasteiger charge is -2.11. The van der Waals surface area contributed by atoms with Crippen LogP contribution in [0.3, 0.4) is 0 Å². The van der Waals surface area contributed by atoms with Crippen LogP contribution >= 0.6 is 11.6 Å². The molecule has 0 aliphatic heterocycles. The average Bonchev–Trinajstić information content (AvgIpc) is 3.28. The lowest BCUT2D eigenvalue weighted by molar-refractivity contribution is -0.137. The number of hydrogen-bond donors (Lipinski definition) is 2. The van der Waals surface area contributed by atoms with Crippen LogP contribution in [0.25, 0.3) is 23.1 Å². The Balaban J connectivity index is 1.37. The largest absolute Gasteiger partial charge is 0.490 e. The first-order chi connectivity index (χ1) is 20.2. The Labute approximate surface area is 250 Å². The molecule has 0 aliphatic rings. The summed E-state index contributed by atoms with van der Waals surface area (Å²) >= 11 is 6.08. The van der Waals surface area contributed by atoms with E-state index < -0.39 is 11.9 Å². The summed E-state index contributed by atoms with van der Waals surface area (Å²) in [7, 11) is 0. The van der Waals surface area contributed by atoms with Crippen LogP contribution in [0.1, 0.15) is 40.7 Å². The fourth-order valence-electron chi connectivity index (χ4n) is 4.89. The molecule has 0 radical (unpaired) electrons. The molecule has 4 rings (SSSR count). The van der Waals surface area contributed by atoms with E-state index in [2.05, 4.69) is 0 Å². The Morgan fingerprint density at radius 3 is 2.26 bits per heavy atom. The molecule has 0 spiro atoms. The lowest BCUT2D eigenvalue weighted by atomic mass is 10.0. The maximum absolute atomic E-state index is 11.5. The summed E-state index contributed by atoms with van der Waals surface area (Å²) in [6, 6.07) is 17.3. The minimum absolute atomic E-state index is 0.0573. The molecule has 218 valence electrons. The Kier molecular flexibility index (Phi) is 10.5. The number of fused-ring (bicyclic) bond motifs is 1. The highest BCUT2D eigenvalue weighted by molar-refractivity contribution is 6.30. The lowest BCUT2D eigenvalue weighted by Crippen LogP contribution is -2.01. The van der Waals surface area contributed by atoms with Crippen LogP contribution in [-0.2, 0) is 22.6 Å². The molecule has 1 aromatic heterocycles. The predicted octanol–water partition coefficient (Wildman–Crippen LogP) is 7.59. The predicted molar refractivity (Wildman–Crippen MR) is 167 cm³/mol. The monoisotopic (exact) mass is 587 g/mol. The van der Waals surface area contributed by atoms with E-state index in [0.29, 0.717) is 36.8 Å². The zero-order valence-corrected chi connectivity index (χ0v) is 24.4. The van der Waals surface area contributed by atoms with E-state index in [9.17, 15) is 14.7 Å². The van der Waals surface area contributed by atoms with Gasteiger partial charge < -0.3 is 24.3 Å². The number of aryl methyl sites for hydroxylation is 3. The zero-order valence-electron chi connectivity index (χ0n) is 23.7. The van der Waals surface area contributed by atoms with Crippen LogP contribution in [0.4, 0.5) is 0 Å². The SMILES string of the molecule is Cc1cc(Cl)cc(C)c1OC/C=C/COc1ccc(C=Cc2cccc3c2c(CC(=O)O)cn3CCCC(=O)O)cc1. The van der Waals surface area contributed by atoms with E-state index >= 15 is 0 Å². The van der Waals surface area contributed by atoms with Crippen LogP contribution in [-0.4, -0.2) is 39.9 Å². The van der Waals surface area contributed by atoms with E-state index in [1.54, 1.807) is 0 Å². The number of benzene rings is 3. The van der Waals surface area contributed by atoms with Crippen molar-refractivity contribution in [1.82, 2.24) is 4.57 Å². The number of rotatable bonds is 14. The van der Waals surface area contributed by atoms with E-state index in [1.807, 2.05) is 104 Å². The van der Waals surface area contributed by atoms with E-state index in [-0.39, 0.29) is 12.8 Å². The fraction of sp³-hybridized carbons (Fsp3) is 0.235. The topological polar surface area (TPSA) is 98.0 Å². The molecule has 0 saturated carbocycles. The van der Waals surface area contributed by atoms with Crippen molar-refractivity contribution < 1.29 is 29.3 Å². The van der Waals surface area contributed by atoms with Crippen LogP contribution in [0.2, 0.25) is 5.02 Å². The maximum Gasteiger partial charge on any atom is 0.307 e. The molecule has 0 unspecified atom stereocenters. The molecule has 0 fully saturated rings. The second-order valence-corrected chi connectivity index (χ2v) is 10.5. The number of carbonyl (C=O) groups is 2. The summed E-state index contributed by atoms with van der Waals surface area (Å²) in [5.74, 6) is -0.176. The van der Waals surface area contributed by atoms with Crippen LogP contribution in [0, 0.1) is 13.8 Å².